The molecule has 0 saturated heterocycles. The number of para-hydroxylation sites is 1. The molecule has 4 N–H and O–H groups in total. The minimum atomic E-state index is -4.77. The maximum Gasteiger partial charge on any atom is 0.573 e. The van der Waals surface area contributed by atoms with Crippen LogP contribution >= 0.6 is 0 Å². The normalized spacial score (nSPS) is 17.4. The van der Waals surface area contributed by atoms with Crippen LogP contribution in [0.25, 0.3) is 0 Å². The minimum absolute atomic E-state index is 0.0561. The maximum absolute atomic E-state index is 12.8. The van der Waals surface area contributed by atoms with Gasteiger partial charge in [-0.15, -0.1) is 13.2 Å². The van der Waals surface area contributed by atoms with Crippen molar-refractivity contribution in [1.82, 2.24) is 9.97 Å². The van der Waals surface area contributed by atoms with Gasteiger partial charge in [0.15, 0.2) is 0 Å². The largest absolute Gasteiger partial charge is 0.573 e. The summed E-state index contributed by atoms with van der Waals surface area (Å²) in [5.74, 6) is 7.36. The van der Waals surface area contributed by atoms with Gasteiger partial charge in [-0.25, -0.2) is 4.98 Å². The van der Waals surface area contributed by atoms with Crippen LogP contribution in [0.2, 0.25) is 0 Å². The van der Waals surface area contributed by atoms with Gasteiger partial charge in [0.25, 0.3) is 0 Å². The lowest BCUT2D eigenvalue weighted by Gasteiger charge is -2.26. The first kappa shape index (κ1) is 26.3. The zero-order valence-corrected chi connectivity index (χ0v) is 20.6. The quantitative estimate of drug-likeness (QED) is 0.358. The molecule has 6 nitrogen and oxygen atoms in total. The van der Waals surface area contributed by atoms with Gasteiger partial charge in [0, 0.05) is 30.3 Å². The molecule has 1 aromatic heterocycles. The fraction of sp³-hybridized carbons (Fsp3) is 0.357. The van der Waals surface area contributed by atoms with E-state index in [1.165, 1.54) is 12.1 Å². The lowest BCUT2D eigenvalue weighted by atomic mass is 9.86. The van der Waals surface area contributed by atoms with Gasteiger partial charge in [-0.05, 0) is 56.7 Å². The fourth-order valence-electron chi connectivity index (χ4n) is 4.15. The molecule has 4 rings (SSSR count). The van der Waals surface area contributed by atoms with Crippen LogP contribution in [-0.4, -0.2) is 28.9 Å². The molecule has 1 aliphatic carbocycles. The number of nitrogens with one attached hydrogen (secondary N) is 2. The molecule has 0 aliphatic heterocycles. The lowest BCUT2D eigenvalue weighted by Crippen LogP contribution is -2.29. The molecule has 2 aromatic carbocycles. The van der Waals surface area contributed by atoms with E-state index < -0.39 is 6.36 Å². The summed E-state index contributed by atoms with van der Waals surface area (Å²) in [6.45, 7) is 2.80. The molecule has 0 unspecified atom stereocenters. The van der Waals surface area contributed by atoms with E-state index in [1.54, 1.807) is 18.3 Å². The molecule has 1 saturated carbocycles. The number of hydrogen-bond acceptors (Lipinski definition) is 6. The first-order valence-corrected chi connectivity index (χ1v) is 12.3. The van der Waals surface area contributed by atoms with Crippen molar-refractivity contribution in [3.63, 3.8) is 0 Å². The van der Waals surface area contributed by atoms with Gasteiger partial charge in [-0.3, -0.25) is 0 Å². The van der Waals surface area contributed by atoms with E-state index in [0.717, 1.165) is 43.4 Å². The fourth-order valence-corrected chi connectivity index (χ4v) is 4.15. The number of anilines is 2. The molecule has 0 bridgehead atoms. The summed E-state index contributed by atoms with van der Waals surface area (Å²) in [7, 11) is 0. The van der Waals surface area contributed by atoms with Crippen molar-refractivity contribution in [1.29, 1.82) is 0 Å². The van der Waals surface area contributed by atoms with E-state index >= 15 is 0 Å². The Morgan fingerprint density at radius 1 is 1.00 bits per heavy atom. The summed E-state index contributed by atoms with van der Waals surface area (Å²) in [5, 5.41) is 6.42. The predicted octanol–water partition coefficient (Wildman–Crippen LogP) is 5.62. The second kappa shape index (κ2) is 12.0. The van der Waals surface area contributed by atoms with E-state index in [9.17, 15) is 13.2 Å². The lowest BCUT2D eigenvalue weighted by molar-refractivity contribution is -0.274. The number of rotatable bonds is 7. The smallest absolute Gasteiger partial charge is 0.405 e. The first-order chi connectivity index (χ1) is 17.7. The van der Waals surface area contributed by atoms with Crippen molar-refractivity contribution in [3.8, 4) is 17.6 Å². The van der Waals surface area contributed by atoms with E-state index in [4.69, 9.17) is 5.73 Å². The van der Waals surface area contributed by atoms with Gasteiger partial charge in [0.1, 0.15) is 11.6 Å². The summed E-state index contributed by atoms with van der Waals surface area (Å²) >= 11 is 0. The van der Waals surface area contributed by atoms with E-state index in [-0.39, 0.29) is 24.3 Å². The van der Waals surface area contributed by atoms with Crippen LogP contribution < -0.4 is 21.1 Å². The summed E-state index contributed by atoms with van der Waals surface area (Å²) in [5.41, 5.74) is 9.04. The number of nitrogens with zero attached hydrogens (tertiary/aromatic N) is 2. The van der Waals surface area contributed by atoms with Crippen molar-refractivity contribution in [2.45, 2.75) is 51.6 Å². The molecule has 1 heterocycles. The topological polar surface area (TPSA) is 85.1 Å². The number of hydrogen-bond donors (Lipinski definition) is 3. The van der Waals surface area contributed by atoms with Gasteiger partial charge in [-0.2, -0.15) is 4.98 Å². The molecule has 0 amide bonds. The SMILES string of the molecule is Cc1ccc(C#Cc2cnc(NCc3ccccc3OC(F)(F)F)nc2NCC2CCC(N)CC2)cc1. The molecule has 0 radical (unpaired) electrons. The van der Waals surface area contributed by atoms with Crippen LogP contribution in [0, 0.1) is 24.7 Å². The van der Waals surface area contributed by atoms with Crippen LogP contribution in [-0.2, 0) is 6.54 Å². The molecule has 0 spiro atoms. The summed E-state index contributed by atoms with van der Waals surface area (Å²) in [4.78, 5) is 8.94. The Balaban J connectivity index is 1.52. The van der Waals surface area contributed by atoms with Crippen molar-refractivity contribution in [3.05, 3.63) is 77.0 Å². The van der Waals surface area contributed by atoms with Gasteiger partial charge in [0.05, 0.1) is 11.8 Å². The average Bonchev–Trinajstić information content (AvgIpc) is 2.87. The second-order valence-corrected chi connectivity index (χ2v) is 9.24. The van der Waals surface area contributed by atoms with Crippen LogP contribution in [0.15, 0.2) is 54.7 Å². The highest BCUT2D eigenvalue weighted by atomic mass is 19.4. The van der Waals surface area contributed by atoms with E-state index in [1.807, 2.05) is 31.2 Å². The number of ether oxygens (including phenoxy) is 1. The van der Waals surface area contributed by atoms with Crippen LogP contribution in [0.5, 0.6) is 5.75 Å². The highest BCUT2D eigenvalue weighted by Gasteiger charge is 2.32. The first-order valence-electron chi connectivity index (χ1n) is 12.3. The van der Waals surface area contributed by atoms with Crippen molar-refractivity contribution >= 4 is 11.8 Å². The average molecular weight is 510 g/mol. The molecule has 9 heteroatoms. The molecule has 3 aromatic rings. The number of aromatic nitrogens is 2. The minimum Gasteiger partial charge on any atom is -0.405 e. The van der Waals surface area contributed by atoms with Crippen LogP contribution in [0.3, 0.4) is 0 Å². The van der Waals surface area contributed by atoms with Gasteiger partial charge >= 0.3 is 6.36 Å². The Morgan fingerprint density at radius 2 is 1.73 bits per heavy atom. The van der Waals surface area contributed by atoms with Crippen molar-refractivity contribution in [2.75, 3.05) is 17.2 Å². The zero-order valence-electron chi connectivity index (χ0n) is 20.6. The third-order valence-electron chi connectivity index (χ3n) is 6.27. The Morgan fingerprint density at radius 3 is 2.46 bits per heavy atom. The van der Waals surface area contributed by atoms with Crippen molar-refractivity contribution in [2.24, 2.45) is 11.7 Å². The summed E-state index contributed by atoms with van der Waals surface area (Å²) < 4.78 is 42.4. The third kappa shape index (κ3) is 8.12. The highest BCUT2D eigenvalue weighted by molar-refractivity contribution is 5.57. The molecule has 1 aliphatic rings. The Hall–Kier alpha value is -3.77. The Bertz CT molecular complexity index is 1240. The van der Waals surface area contributed by atoms with Gasteiger partial charge in [0.2, 0.25) is 5.95 Å². The number of aryl methyl sites for hydroxylation is 1. The van der Waals surface area contributed by atoms with E-state index in [2.05, 4.69) is 37.2 Å². The Kier molecular flexibility index (Phi) is 8.51. The maximum atomic E-state index is 12.8. The molecule has 1 fully saturated rings. The standard InChI is InChI=1S/C28H30F3N5O/c1-19-6-8-20(9-7-19)10-13-23-18-35-27(36-26(23)33-16-21-11-14-24(32)15-12-21)34-17-22-4-2-3-5-25(22)37-28(29,30)31/h2-9,18,21,24H,11-12,14-17,32H2,1H3,(H2,33,34,35,36). The van der Waals surface area contributed by atoms with Gasteiger partial charge in [-0.1, -0.05) is 47.7 Å². The molecule has 194 valence electrons. The molecular weight excluding hydrogens is 479 g/mol. The predicted molar refractivity (Wildman–Crippen MR) is 138 cm³/mol. The molecular formula is C28H30F3N5O. The summed E-state index contributed by atoms with van der Waals surface area (Å²) in [6, 6.07) is 14.2. The third-order valence-corrected chi connectivity index (χ3v) is 6.27. The molecule has 37 heavy (non-hydrogen) atoms. The monoisotopic (exact) mass is 509 g/mol. The number of nitrogens with two attached hydrogens (primary N) is 1. The van der Waals surface area contributed by atoms with Gasteiger partial charge < -0.3 is 21.1 Å². The number of halogens is 3. The second-order valence-electron chi connectivity index (χ2n) is 9.24. The van der Waals surface area contributed by atoms with Crippen LogP contribution in [0.4, 0.5) is 24.9 Å². The van der Waals surface area contributed by atoms with Crippen molar-refractivity contribution < 1.29 is 17.9 Å². The van der Waals surface area contributed by atoms with E-state index in [0.29, 0.717) is 22.9 Å². The highest BCUT2D eigenvalue weighted by Crippen LogP contribution is 2.27. The zero-order chi connectivity index (χ0) is 26.3. The Labute approximate surface area is 214 Å². The summed E-state index contributed by atoms with van der Waals surface area (Å²) in [6.07, 6.45) is 0.943. The number of benzene rings is 2. The van der Waals surface area contributed by atoms with Crippen LogP contribution in [0.1, 0.15) is 47.9 Å². The molecule has 0 atom stereocenters. The number of alkyl halides is 3.